The van der Waals surface area contributed by atoms with Gasteiger partial charge >= 0.3 is 0 Å². The minimum atomic E-state index is -0.0686. The highest BCUT2D eigenvalue weighted by molar-refractivity contribution is 5.30. The van der Waals surface area contributed by atoms with Crippen LogP contribution in [0.4, 0.5) is 4.39 Å². The van der Waals surface area contributed by atoms with E-state index in [0.717, 1.165) is 17.5 Å². The molecule has 2 N–H and O–H groups in total. The van der Waals surface area contributed by atoms with E-state index < -0.39 is 0 Å². The number of nitrogens with two attached hydrogens (primary N) is 1. The predicted octanol–water partition coefficient (Wildman–Crippen LogP) is 2.20. The molecule has 1 nitrogen and oxygen atoms in total. The zero-order chi connectivity index (χ0) is 9.42. The zero-order valence-corrected chi connectivity index (χ0v) is 7.76. The van der Waals surface area contributed by atoms with E-state index in [1.165, 1.54) is 0 Å². The van der Waals surface area contributed by atoms with Crippen LogP contribution in [0, 0.1) is 18.7 Å². The smallest absolute Gasteiger partial charge is 0.126 e. The Hall–Kier alpha value is -0.890. The molecule has 0 radical (unpaired) electrons. The molecule has 1 aliphatic rings. The normalized spacial score (nSPS) is 26.1. The monoisotopic (exact) mass is 179 g/mol. The second-order valence-electron chi connectivity index (χ2n) is 3.86. The van der Waals surface area contributed by atoms with Crippen LogP contribution in [-0.4, -0.2) is 6.54 Å². The van der Waals surface area contributed by atoms with Crippen LogP contribution in [0.5, 0.6) is 0 Å². The Balaban J connectivity index is 2.22. The molecule has 0 heterocycles. The third-order valence-corrected chi connectivity index (χ3v) is 2.78. The Morgan fingerprint density at radius 2 is 2.31 bits per heavy atom. The maximum Gasteiger partial charge on any atom is 0.126 e. The molecule has 1 aliphatic carbocycles. The Labute approximate surface area is 77.8 Å². The lowest BCUT2D eigenvalue weighted by Gasteiger charge is -2.02. The van der Waals surface area contributed by atoms with E-state index in [9.17, 15) is 4.39 Å². The number of rotatable bonds is 2. The Kier molecular flexibility index (Phi) is 2.08. The highest BCUT2D eigenvalue weighted by Crippen LogP contribution is 2.47. The van der Waals surface area contributed by atoms with Crippen LogP contribution in [-0.2, 0) is 0 Å². The SMILES string of the molecule is Cc1ccc(C2CC2CN)c(F)c1. The molecule has 70 valence electrons. The summed E-state index contributed by atoms with van der Waals surface area (Å²) in [5, 5.41) is 0. The molecule has 0 bridgehead atoms. The zero-order valence-electron chi connectivity index (χ0n) is 7.76. The average molecular weight is 179 g/mol. The molecule has 1 fully saturated rings. The second kappa shape index (κ2) is 3.11. The van der Waals surface area contributed by atoms with Crippen LogP contribution in [0.25, 0.3) is 0 Å². The summed E-state index contributed by atoms with van der Waals surface area (Å²) in [6.45, 7) is 2.58. The first-order valence-corrected chi connectivity index (χ1v) is 4.68. The first-order valence-electron chi connectivity index (χ1n) is 4.68. The fourth-order valence-electron chi connectivity index (χ4n) is 1.82. The van der Waals surface area contributed by atoms with Crippen molar-refractivity contribution in [2.24, 2.45) is 11.7 Å². The van der Waals surface area contributed by atoms with Crippen molar-refractivity contribution in [3.8, 4) is 0 Å². The van der Waals surface area contributed by atoms with Gasteiger partial charge in [-0.1, -0.05) is 12.1 Å². The van der Waals surface area contributed by atoms with Crippen LogP contribution >= 0.6 is 0 Å². The van der Waals surface area contributed by atoms with Gasteiger partial charge in [-0.15, -0.1) is 0 Å². The van der Waals surface area contributed by atoms with Crippen LogP contribution in [0.2, 0.25) is 0 Å². The average Bonchev–Trinajstić information content (AvgIpc) is 2.83. The third-order valence-electron chi connectivity index (χ3n) is 2.78. The van der Waals surface area contributed by atoms with Crippen molar-refractivity contribution in [2.45, 2.75) is 19.3 Å². The summed E-state index contributed by atoms with van der Waals surface area (Å²) in [5.41, 5.74) is 7.35. The minimum absolute atomic E-state index is 0.0686. The molecule has 2 heteroatoms. The van der Waals surface area contributed by atoms with Gasteiger partial charge in [0.2, 0.25) is 0 Å². The fraction of sp³-hybridized carbons (Fsp3) is 0.455. The molecule has 1 aromatic carbocycles. The Bertz CT molecular complexity index is 322. The molecule has 0 amide bonds. The van der Waals surface area contributed by atoms with E-state index in [4.69, 9.17) is 5.73 Å². The molecule has 0 aromatic heterocycles. The molecule has 0 aliphatic heterocycles. The van der Waals surface area contributed by atoms with Crippen molar-refractivity contribution in [3.63, 3.8) is 0 Å². The Morgan fingerprint density at radius 3 is 2.85 bits per heavy atom. The fourth-order valence-corrected chi connectivity index (χ4v) is 1.82. The maximum atomic E-state index is 13.4. The Morgan fingerprint density at radius 1 is 1.54 bits per heavy atom. The van der Waals surface area contributed by atoms with Gasteiger partial charge in [-0.3, -0.25) is 0 Å². The second-order valence-corrected chi connectivity index (χ2v) is 3.86. The van der Waals surface area contributed by atoms with Gasteiger partial charge in [0.25, 0.3) is 0 Å². The maximum absolute atomic E-state index is 13.4. The lowest BCUT2D eigenvalue weighted by atomic mass is 10.1. The summed E-state index contributed by atoms with van der Waals surface area (Å²) < 4.78 is 13.4. The lowest BCUT2D eigenvalue weighted by Crippen LogP contribution is -2.02. The molecule has 1 aromatic rings. The summed E-state index contributed by atoms with van der Waals surface area (Å²) in [6.07, 6.45) is 1.05. The van der Waals surface area contributed by atoms with Gasteiger partial charge in [-0.05, 0) is 48.9 Å². The van der Waals surface area contributed by atoms with Crippen LogP contribution in [0.1, 0.15) is 23.5 Å². The van der Waals surface area contributed by atoms with Crippen molar-refractivity contribution in [3.05, 3.63) is 35.1 Å². The van der Waals surface area contributed by atoms with Gasteiger partial charge in [-0.25, -0.2) is 4.39 Å². The van der Waals surface area contributed by atoms with Crippen molar-refractivity contribution < 1.29 is 4.39 Å². The largest absolute Gasteiger partial charge is 0.330 e. The number of hydrogen-bond acceptors (Lipinski definition) is 1. The summed E-state index contributed by atoms with van der Waals surface area (Å²) >= 11 is 0. The minimum Gasteiger partial charge on any atom is -0.330 e. The van der Waals surface area contributed by atoms with Crippen molar-refractivity contribution in [2.75, 3.05) is 6.54 Å². The van der Waals surface area contributed by atoms with Crippen LogP contribution < -0.4 is 5.73 Å². The molecule has 2 rings (SSSR count). The van der Waals surface area contributed by atoms with E-state index in [-0.39, 0.29) is 5.82 Å². The molecule has 1 saturated carbocycles. The standard InChI is InChI=1S/C11H14FN/c1-7-2-3-9(11(12)4-7)10-5-8(10)6-13/h2-4,8,10H,5-6,13H2,1H3. The van der Waals surface area contributed by atoms with E-state index in [2.05, 4.69) is 0 Å². The van der Waals surface area contributed by atoms with E-state index in [0.29, 0.717) is 18.4 Å². The molecule has 13 heavy (non-hydrogen) atoms. The molecule has 0 spiro atoms. The molecular weight excluding hydrogens is 165 g/mol. The first-order chi connectivity index (χ1) is 6.22. The van der Waals surface area contributed by atoms with Crippen molar-refractivity contribution in [1.82, 2.24) is 0 Å². The summed E-state index contributed by atoms with van der Waals surface area (Å²) in [4.78, 5) is 0. The predicted molar refractivity (Wildman–Crippen MR) is 51.0 cm³/mol. The molecular formula is C11H14FN. The molecule has 2 atom stereocenters. The van der Waals surface area contributed by atoms with Gasteiger partial charge in [0.05, 0.1) is 0 Å². The van der Waals surface area contributed by atoms with E-state index >= 15 is 0 Å². The van der Waals surface area contributed by atoms with Crippen LogP contribution in [0.3, 0.4) is 0 Å². The number of aryl methyl sites for hydroxylation is 1. The van der Waals surface area contributed by atoms with Crippen molar-refractivity contribution in [1.29, 1.82) is 0 Å². The van der Waals surface area contributed by atoms with Gasteiger partial charge in [-0.2, -0.15) is 0 Å². The summed E-state index contributed by atoms with van der Waals surface area (Å²) in [5.74, 6) is 0.823. The van der Waals surface area contributed by atoms with Gasteiger partial charge in [0.15, 0.2) is 0 Å². The number of hydrogen-bond donors (Lipinski definition) is 1. The number of benzene rings is 1. The summed E-state index contributed by atoms with van der Waals surface area (Å²) in [7, 11) is 0. The quantitative estimate of drug-likeness (QED) is 0.740. The summed E-state index contributed by atoms with van der Waals surface area (Å²) in [6, 6.07) is 5.45. The van der Waals surface area contributed by atoms with Gasteiger partial charge in [0, 0.05) is 0 Å². The van der Waals surface area contributed by atoms with E-state index in [1.807, 2.05) is 19.1 Å². The number of halogens is 1. The van der Waals surface area contributed by atoms with Crippen LogP contribution in [0.15, 0.2) is 18.2 Å². The third kappa shape index (κ3) is 1.59. The molecule has 2 unspecified atom stereocenters. The topological polar surface area (TPSA) is 26.0 Å². The van der Waals surface area contributed by atoms with Crippen molar-refractivity contribution >= 4 is 0 Å². The van der Waals surface area contributed by atoms with E-state index in [1.54, 1.807) is 6.07 Å². The van der Waals surface area contributed by atoms with Gasteiger partial charge < -0.3 is 5.73 Å². The highest BCUT2D eigenvalue weighted by Gasteiger charge is 2.38. The highest BCUT2D eigenvalue weighted by atomic mass is 19.1. The first kappa shape index (κ1) is 8.70. The molecule has 0 saturated heterocycles. The lowest BCUT2D eigenvalue weighted by molar-refractivity contribution is 0.605. The van der Waals surface area contributed by atoms with Gasteiger partial charge in [0.1, 0.15) is 5.82 Å².